The molecule has 3 aromatic carbocycles. The maximum atomic E-state index is 13.0. The van der Waals surface area contributed by atoms with Crippen LogP contribution in [0.5, 0.6) is 0 Å². The predicted octanol–water partition coefficient (Wildman–Crippen LogP) is 5.03. The van der Waals surface area contributed by atoms with Gasteiger partial charge in [0.15, 0.2) is 0 Å². The van der Waals surface area contributed by atoms with Crippen LogP contribution in [0, 0.1) is 0 Å². The molecule has 0 atom stereocenters. The zero-order valence-corrected chi connectivity index (χ0v) is 19.3. The molecule has 1 aromatic heterocycles. The largest absolute Gasteiger partial charge is 0.481 e. The minimum Gasteiger partial charge on any atom is -0.481 e. The fourth-order valence-corrected chi connectivity index (χ4v) is 5.47. The van der Waals surface area contributed by atoms with Gasteiger partial charge in [0.1, 0.15) is 4.90 Å². The smallest absolute Gasteiger partial charge is 0.307 e. The van der Waals surface area contributed by atoms with Crippen molar-refractivity contribution < 1.29 is 18.3 Å². The van der Waals surface area contributed by atoms with Gasteiger partial charge in [-0.2, -0.15) is 0 Å². The van der Waals surface area contributed by atoms with E-state index in [9.17, 15) is 18.3 Å². The maximum Gasteiger partial charge on any atom is 0.307 e. The van der Waals surface area contributed by atoms with E-state index in [1.54, 1.807) is 6.07 Å². The molecular formula is C25H23ClN2O4S. The Kier molecular flexibility index (Phi) is 6.83. The number of fused-ring (bicyclic) bond motifs is 1. The highest BCUT2D eigenvalue weighted by molar-refractivity contribution is 7.89. The predicted molar refractivity (Wildman–Crippen MR) is 130 cm³/mol. The fourth-order valence-electron chi connectivity index (χ4n) is 3.87. The summed E-state index contributed by atoms with van der Waals surface area (Å²) in [6.45, 7) is 0.272. The van der Waals surface area contributed by atoms with E-state index < -0.39 is 16.0 Å². The van der Waals surface area contributed by atoms with Crippen LogP contribution < -0.4 is 4.72 Å². The van der Waals surface area contributed by atoms with E-state index in [4.69, 9.17) is 11.6 Å². The molecule has 33 heavy (non-hydrogen) atoms. The molecule has 0 aliphatic heterocycles. The molecule has 170 valence electrons. The third kappa shape index (κ3) is 5.27. The number of benzene rings is 3. The highest BCUT2D eigenvalue weighted by Crippen LogP contribution is 2.34. The van der Waals surface area contributed by atoms with Crippen LogP contribution >= 0.6 is 11.6 Å². The van der Waals surface area contributed by atoms with Gasteiger partial charge >= 0.3 is 5.97 Å². The monoisotopic (exact) mass is 482 g/mol. The first-order valence-electron chi connectivity index (χ1n) is 10.5. The van der Waals surface area contributed by atoms with Gasteiger partial charge in [0.2, 0.25) is 10.0 Å². The average Bonchev–Trinajstić information content (AvgIpc) is 3.15. The lowest BCUT2D eigenvalue weighted by molar-refractivity contribution is -0.136. The number of aromatic amines is 1. The molecule has 8 heteroatoms. The second-order valence-electron chi connectivity index (χ2n) is 7.73. The number of hydrogen-bond donors (Lipinski definition) is 3. The summed E-state index contributed by atoms with van der Waals surface area (Å²) in [5.41, 5.74) is 3.63. The highest BCUT2D eigenvalue weighted by Gasteiger charge is 2.21. The number of nitrogens with one attached hydrogen (secondary N) is 2. The summed E-state index contributed by atoms with van der Waals surface area (Å²) in [4.78, 5) is 14.7. The zero-order chi connectivity index (χ0) is 23.4. The minimum atomic E-state index is -3.85. The zero-order valence-electron chi connectivity index (χ0n) is 17.7. The van der Waals surface area contributed by atoms with Crippen LogP contribution in [0.2, 0.25) is 5.02 Å². The number of para-hydroxylation sites is 1. The topological polar surface area (TPSA) is 99.3 Å². The summed E-state index contributed by atoms with van der Waals surface area (Å²) in [5, 5.41) is 10.3. The van der Waals surface area contributed by atoms with Crippen molar-refractivity contribution in [2.24, 2.45) is 0 Å². The molecule has 0 fully saturated rings. The van der Waals surface area contributed by atoms with Gasteiger partial charge in [0, 0.05) is 17.4 Å². The van der Waals surface area contributed by atoms with Crippen LogP contribution in [-0.2, 0) is 27.7 Å². The molecule has 4 rings (SSSR count). The van der Waals surface area contributed by atoms with E-state index in [0.29, 0.717) is 23.2 Å². The van der Waals surface area contributed by atoms with E-state index >= 15 is 0 Å². The van der Waals surface area contributed by atoms with Gasteiger partial charge < -0.3 is 10.1 Å². The van der Waals surface area contributed by atoms with Gasteiger partial charge in [-0.3, -0.25) is 4.79 Å². The van der Waals surface area contributed by atoms with E-state index in [0.717, 1.165) is 22.9 Å². The second-order valence-corrected chi connectivity index (χ2v) is 9.87. The van der Waals surface area contributed by atoms with Crippen molar-refractivity contribution in [3.8, 4) is 11.3 Å². The minimum absolute atomic E-state index is 0.0405. The van der Waals surface area contributed by atoms with Gasteiger partial charge in [0.25, 0.3) is 0 Å². The van der Waals surface area contributed by atoms with Crippen LogP contribution in [0.15, 0.2) is 77.7 Å². The number of sulfonamides is 1. The summed E-state index contributed by atoms with van der Waals surface area (Å²) in [7, 11) is -3.85. The molecule has 0 saturated carbocycles. The Labute approximate surface area is 197 Å². The van der Waals surface area contributed by atoms with Gasteiger partial charge in [-0.15, -0.1) is 0 Å². The van der Waals surface area contributed by atoms with E-state index in [1.165, 1.54) is 12.1 Å². The number of H-pyrrole nitrogens is 1. The molecule has 0 unspecified atom stereocenters. The van der Waals surface area contributed by atoms with E-state index in [1.807, 2.05) is 54.6 Å². The molecule has 0 saturated heterocycles. The molecule has 0 bridgehead atoms. The van der Waals surface area contributed by atoms with Crippen molar-refractivity contribution in [3.05, 3.63) is 88.9 Å². The van der Waals surface area contributed by atoms with Gasteiger partial charge in [-0.05, 0) is 47.7 Å². The lowest BCUT2D eigenvalue weighted by Gasteiger charge is -2.11. The number of carboxylic acid groups (broad SMARTS) is 1. The molecule has 0 spiro atoms. The summed E-state index contributed by atoms with van der Waals surface area (Å²) < 4.78 is 28.6. The van der Waals surface area contributed by atoms with Crippen molar-refractivity contribution in [2.45, 2.75) is 24.2 Å². The Hall–Kier alpha value is -3.13. The third-order valence-electron chi connectivity index (χ3n) is 5.43. The molecular weight excluding hydrogens is 460 g/mol. The molecule has 3 N–H and O–H groups in total. The number of aromatic nitrogens is 1. The lowest BCUT2D eigenvalue weighted by Crippen LogP contribution is -2.25. The molecule has 0 aliphatic carbocycles. The number of carboxylic acids is 1. The number of aliphatic carboxylic acids is 1. The number of halogens is 1. The first-order chi connectivity index (χ1) is 15.8. The SMILES string of the molecule is O=C(O)Cc1c(-c2ccc(Cl)c(S(=O)(=O)NCCCc3ccccc3)c2)[nH]c2ccccc12. The molecule has 0 amide bonds. The average molecular weight is 483 g/mol. The maximum absolute atomic E-state index is 13.0. The van der Waals surface area contributed by atoms with Gasteiger partial charge in [0.05, 0.1) is 17.1 Å². The van der Waals surface area contributed by atoms with Crippen LogP contribution in [0.4, 0.5) is 0 Å². The first-order valence-corrected chi connectivity index (χ1v) is 12.4. The molecule has 1 heterocycles. The summed E-state index contributed by atoms with van der Waals surface area (Å²) in [6, 6.07) is 21.9. The summed E-state index contributed by atoms with van der Waals surface area (Å²) in [6.07, 6.45) is 1.21. The Bertz CT molecular complexity index is 1400. The molecule has 6 nitrogen and oxygen atoms in total. The Balaban J connectivity index is 1.61. The summed E-state index contributed by atoms with van der Waals surface area (Å²) >= 11 is 6.26. The lowest BCUT2D eigenvalue weighted by atomic mass is 10.0. The van der Waals surface area contributed by atoms with Crippen molar-refractivity contribution in [1.29, 1.82) is 0 Å². The van der Waals surface area contributed by atoms with Crippen molar-refractivity contribution in [3.63, 3.8) is 0 Å². The van der Waals surface area contributed by atoms with Crippen LogP contribution in [0.1, 0.15) is 17.5 Å². The second kappa shape index (κ2) is 9.79. The van der Waals surface area contributed by atoms with Crippen molar-refractivity contribution in [2.75, 3.05) is 6.54 Å². The standard InChI is InChI=1S/C25H23ClN2O4S/c26-21-13-12-18(25-20(16-24(29)30)19-10-4-5-11-22(19)28-25)15-23(21)33(31,32)27-14-6-9-17-7-2-1-3-8-17/h1-5,7-8,10-13,15,27-28H,6,9,14,16H2,(H,29,30). The number of rotatable bonds is 9. The van der Waals surface area contributed by atoms with Crippen LogP contribution in [0.25, 0.3) is 22.2 Å². The van der Waals surface area contributed by atoms with Crippen LogP contribution in [-0.4, -0.2) is 31.0 Å². The van der Waals surface area contributed by atoms with Gasteiger partial charge in [-0.25, -0.2) is 13.1 Å². The van der Waals surface area contributed by atoms with E-state index in [-0.39, 0.29) is 22.9 Å². The normalized spacial score (nSPS) is 11.7. The van der Waals surface area contributed by atoms with Crippen LogP contribution in [0.3, 0.4) is 0 Å². The van der Waals surface area contributed by atoms with Crippen molar-refractivity contribution >= 4 is 38.5 Å². The number of carbonyl (C=O) groups is 1. The molecule has 0 radical (unpaired) electrons. The quantitative estimate of drug-likeness (QED) is 0.291. The van der Waals surface area contributed by atoms with Gasteiger partial charge in [-0.1, -0.05) is 66.2 Å². The highest BCUT2D eigenvalue weighted by atomic mass is 35.5. The summed E-state index contributed by atoms with van der Waals surface area (Å²) in [5.74, 6) is -0.970. The number of hydrogen-bond acceptors (Lipinski definition) is 3. The molecule has 4 aromatic rings. The third-order valence-corrected chi connectivity index (χ3v) is 7.37. The van der Waals surface area contributed by atoms with E-state index in [2.05, 4.69) is 9.71 Å². The molecule has 0 aliphatic rings. The fraction of sp³-hybridized carbons (Fsp3) is 0.160. The Morgan fingerprint density at radius 2 is 1.73 bits per heavy atom. The number of aryl methyl sites for hydroxylation is 1. The Morgan fingerprint density at radius 1 is 1.00 bits per heavy atom. The Morgan fingerprint density at radius 3 is 2.48 bits per heavy atom. The van der Waals surface area contributed by atoms with Crippen molar-refractivity contribution in [1.82, 2.24) is 9.71 Å². The first kappa shape index (κ1) is 23.0.